The zero-order chi connectivity index (χ0) is 17.9. The fraction of sp³-hybridized carbons (Fsp3) is 0.810. The van der Waals surface area contributed by atoms with Crippen LogP contribution in [0.15, 0.2) is 12.2 Å². The van der Waals surface area contributed by atoms with Crippen LogP contribution in [0.4, 0.5) is 0 Å². The molecule has 0 amide bonds. The van der Waals surface area contributed by atoms with Gasteiger partial charge in [-0.2, -0.15) is 0 Å². The third-order valence-corrected chi connectivity index (χ3v) is 4.04. The highest BCUT2D eigenvalue weighted by atomic mass is 16.5. The second kappa shape index (κ2) is 18.2. The average molecular weight is 339 g/mol. The van der Waals surface area contributed by atoms with E-state index in [0.29, 0.717) is 6.61 Å². The van der Waals surface area contributed by atoms with Crippen LogP contribution >= 0.6 is 0 Å². The van der Waals surface area contributed by atoms with Crippen molar-refractivity contribution in [3.05, 3.63) is 12.2 Å². The Hall–Kier alpha value is -1.12. The van der Waals surface area contributed by atoms with Gasteiger partial charge in [-0.3, -0.25) is 9.59 Å². The van der Waals surface area contributed by atoms with Crippen LogP contribution in [0.25, 0.3) is 0 Å². The highest BCUT2D eigenvalue weighted by molar-refractivity contribution is 5.94. The van der Waals surface area contributed by atoms with E-state index in [0.717, 1.165) is 12.8 Å². The molecule has 0 fully saturated rings. The van der Waals surface area contributed by atoms with Gasteiger partial charge in [0.2, 0.25) is 0 Å². The second-order valence-corrected chi connectivity index (χ2v) is 6.68. The fourth-order valence-electron chi connectivity index (χ4n) is 2.62. The van der Waals surface area contributed by atoms with Gasteiger partial charge in [0, 0.05) is 0 Å². The molecule has 3 heteroatoms. The minimum absolute atomic E-state index is 0.0883. The predicted molar refractivity (Wildman–Crippen MR) is 101 cm³/mol. The number of allylic oxidation sites excluding steroid dienone is 2. The van der Waals surface area contributed by atoms with Crippen molar-refractivity contribution in [1.82, 2.24) is 0 Å². The number of rotatable bonds is 17. The molecule has 0 unspecified atom stereocenters. The maximum Gasteiger partial charge on any atom is 0.313 e. The van der Waals surface area contributed by atoms with Crippen LogP contribution in [0.1, 0.15) is 104 Å². The van der Waals surface area contributed by atoms with Crippen molar-refractivity contribution in [2.24, 2.45) is 0 Å². The summed E-state index contributed by atoms with van der Waals surface area (Å²) in [5, 5.41) is 0. The lowest BCUT2D eigenvalue weighted by Crippen LogP contribution is -2.09. The number of ketones is 1. The van der Waals surface area contributed by atoms with Gasteiger partial charge in [0.1, 0.15) is 12.2 Å². The Morgan fingerprint density at radius 2 is 1.25 bits per heavy atom. The Morgan fingerprint density at radius 1 is 0.750 bits per heavy atom. The van der Waals surface area contributed by atoms with Gasteiger partial charge in [-0.05, 0) is 32.6 Å². The molecule has 0 aromatic rings. The summed E-state index contributed by atoms with van der Waals surface area (Å²) < 4.78 is 5.00. The van der Waals surface area contributed by atoms with E-state index < -0.39 is 0 Å². The summed E-state index contributed by atoms with van der Waals surface area (Å²) in [6.45, 7) is 4.08. The molecule has 0 bridgehead atoms. The fourth-order valence-corrected chi connectivity index (χ4v) is 2.62. The summed E-state index contributed by atoms with van der Waals surface area (Å²) in [6, 6.07) is 0. The molecule has 0 aliphatic heterocycles. The van der Waals surface area contributed by atoms with E-state index in [9.17, 15) is 9.59 Å². The summed E-state index contributed by atoms with van der Waals surface area (Å²) in [5.41, 5.74) is 0. The predicted octanol–water partition coefficient (Wildman–Crippen LogP) is 6.16. The first-order valence-corrected chi connectivity index (χ1v) is 9.97. The summed E-state index contributed by atoms with van der Waals surface area (Å²) in [6.07, 6.45) is 20.9. The van der Waals surface area contributed by atoms with Crippen LogP contribution in [0, 0.1) is 0 Å². The molecule has 0 aliphatic carbocycles. The maximum absolute atomic E-state index is 11.2. The normalized spacial score (nSPS) is 11.1. The SMILES string of the molecule is CCCC=CCCCCCCCCCCCCOC(=O)CC(C)=O. The molecule has 0 aromatic heterocycles. The Kier molecular flexibility index (Phi) is 17.4. The van der Waals surface area contributed by atoms with Crippen LogP contribution in [0.3, 0.4) is 0 Å². The minimum Gasteiger partial charge on any atom is -0.465 e. The Bertz CT molecular complexity index is 334. The number of carbonyl (C=O) groups is 2. The first kappa shape index (κ1) is 22.9. The van der Waals surface area contributed by atoms with Gasteiger partial charge in [0.05, 0.1) is 6.61 Å². The van der Waals surface area contributed by atoms with Crippen molar-refractivity contribution < 1.29 is 14.3 Å². The number of hydrogen-bond acceptors (Lipinski definition) is 3. The number of ether oxygens (including phenoxy) is 1. The van der Waals surface area contributed by atoms with Crippen LogP contribution in [0.5, 0.6) is 0 Å². The van der Waals surface area contributed by atoms with Crippen molar-refractivity contribution in [3.63, 3.8) is 0 Å². The topological polar surface area (TPSA) is 43.4 Å². The minimum atomic E-state index is -0.386. The molecule has 24 heavy (non-hydrogen) atoms. The van der Waals surface area contributed by atoms with Crippen LogP contribution in [0.2, 0.25) is 0 Å². The molecule has 0 aromatic carbocycles. The van der Waals surface area contributed by atoms with Gasteiger partial charge in [-0.25, -0.2) is 0 Å². The first-order chi connectivity index (χ1) is 11.7. The summed E-state index contributed by atoms with van der Waals surface area (Å²) in [5.74, 6) is -0.517. The molecule has 0 N–H and O–H groups in total. The smallest absolute Gasteiger partial charge is 0.313 e. The lowest BCUT2D eigenvalue weighted by atomic mass is 10.1. The second-order valence-electron chi connectivity index (χ2n) is 6.68. The van der Waals surface area contributed by atoms with E-state index in [-0.39, 0.29) is 18.2 Å². The highest BCUT2D eigenvalue weighted by Gasteiger charge is 2.05. The van der Waals surface area contributed by atoms with Crippen molar-refractivity contribution in [3.8, 4) is 0 Å². The van der Waals surface area contributed by atoms with E-state index in [2.05, 4.69) is 19.1 Å². The molecule has 0 atom stereocenters. The van der Waals surface area contributed by atoms with E-state index in [1.165, 1.54) is 77.6 Å². The zero-order valence-electron chi connectivity index (χ0n) is 16.0. The number of unbranched alkanes of at least 4 members (excludes halogenated alkanes) is 11. The molecule has 0 aliphatic rings. The molecule has 140 valence electrons. The van der Waals surface area contributed by atoms with Crippen molar-refractivity contribution in [2.45, 2.75) is 104 Å². The molecular formula is C21H38O3. The molecule has 0 radical (unpaired) electrons. The lowest BCUT2D eigenvalue weighted by molar-refractivity contribution is -0.145. The molecule has 0 rings (SSSR count). The van der Waals surface area contributed by atoms with Crippen molar-refractivity contribution in [2.75, 3.05) is 6.61 Å². The van der Waals surface area contributed by atoms with Gasteiger partial charge in [-0.1, -0.05) is 76.9 Å². The maximum atomic E-state index is 11.2. The Labute approximate surface area is 149 Å². The Morgan fingerprint density at radius 3 is 1.79 bits per heavy atom. The third-order valence-electron chi connectivity index (χ3n) is 4.04. The first-order valence-electron chi connectivity index (χ1n) is 9.97. The number of esters is 1. The van der Waals surface area contributed by atoms with Crippen LogP contribution in [-0.4, -0.2) is 18.4 Å². The molecule has 0 heterocycles. The molecule has 0 saturated carbocycles. The molecule has 3 nitrogen and oxygen atoms in total. The number of hydrogen-bond donors (Lipinski definition) is 0. The monoisotopic (exact) mass is 338 g/mol. The quantitative estimate of drug-likeness (QED) is 0.138. The number of carbonyl (C=O) groups excluding carboxylic acids is 2. The van der Waals surface area contributed by atoms with E-state index in [1.807, 2.05) is 0 Å². The molecular weight excluding hydrogens is 300 g/mol. The Balaban J connectivity index is 3.12. The van der Waals surface area contributed by atoms with Gasteiger partial charge in [0.25, 0.3) is 0 Å². The van der Waals surface area contributed by atoms with Crippen LogP contribution < -0.4 is 0 Å². The molecule has 0 spiro atoms. The van der Waals surface area contributed by atoms with E-state index in [4.69, 9.17) is 4.74 Å². The highest BCUT2D eigenvalue weighted by Crippen LogP contribution is 2.11. The lowest BCUT2D eigenvalue weighted by Gasteiger charge is -2.04. The van der Waals surface area contributed by atoms with Gasteiger partial charge < -0.3 is 4.74 Å². The van der Waals surface area contributed by atoms with Crippen molar-refractivity contribution >= 4 is 11.8 Å². The average Bonchev–Trinajstić information content (AvgIpc) is 2.53. The summed E-state index contributed by atoms with van der Waals surface area (Å²) in [7, 11) is 0. The van der Waals surface area contributed by atoms with Crippen LogP contribution in [-0.2, 0) is 14.3 Å². The van der Waals surface area contributed by atoms with Gasteiger partial charge in [0.15, 0.2) is 0 Å². The van der Waals surface area contributed by atoms with E-state index >= 15 is 0 Å². The van der Waals surface area contributed by atoms with Crippen molar-refractivity contribution in [1.29, 1.82) is 0 Å². The largest absolute Gasteiger partial charge is 0.465 e. The van der Waals surface area contributed by atoms with E-state index in [1.54, 1.807) is 0 Å². The van der Waals surface area contributed by atoms with Gasteiger partial charge >= 0.3 is 5.97 Å². The molecule has 0 saturated heterocycles. The zero-order valence-corrected chi connectivity index (χ0v) is 16.0. The number of Topliss-reactive ketones (excluding diaryl/α,β-unsaturated/α-hetero) is 1. The van der Waals surface area contributed by atoms with Gasteiger partial charge in [-0.15, -0.1) is 0 Å². The third kappa shape index (κ3) is 18.9. The summed E-state index contributed by atoms with van der Waals surface area (Å²) in [4.78, 5) is 21.9. The standard InChI is InChI=1S/C21H38O3/c1-3-4-5-6-7-8-9-10-11-12-13-14-15-16-17-18-24-21(23)19-20(2)22/h5-6H,3-4,7-19H2,1-2H3. The summed E-state index contributed by atoms with van der Waals surface area (Å²) >= 11 is 0.